The highest BCUT2D eigenvalue weighted by atomic mass is 16.3. The van der Waals surface area contributed by atoms with Crippen LogP contribution in [0.1, 0.15) is 204 Å². The van der Waals surface area contributed by atoms with Crippen LogP contribution in [0.15, 0.2) is 105 Å². The van der Waals surface area contributed by atoms with Gasteiger partial charge in [0.1, 0.15) is 72.9 Å². The normalized spacial score (nSPS) is 25.6. The van der Waals surface area contributed by atoms with Gasteiger partial charge in [-0.3, -0.25) is 29.4 Å². The van der Waals surface area contributed by atoms with E-state index in [-0.39, 0.29) is 42.5 Å². The predicted octanol–water partition coefficient (Wildman–Crippen LogP) is 8.97. The van der Waals surface area contributed by atoms with Crippen LogP contribution in [0.2, 0.25) is 0 Å². The summed E-state index contributed by atoms with van der Waals surface area (Å²) < 4.78 is 0. The fourth-order valence-corrected chi connectivity index (χ4v) is 22.4. The maximum atomic E-state index is 10.5. The zero-order valence-electron chi connectivity index (χ0n) is 77.3. The maximum Gasteiger partial charge on any atom is 0.130 e. The number of hydrogen-bond acceptors (Lipinski definition) is 30. The first-order chi connectivity index (χ1) is 63.0. The number of hydrogen-bond donors (Lipinski definition) is 12. The summed E-state index contributed by atoms with van der Waals surface area (Å²) in [5.74, 6) is 7.82. The van der Waals surface area contributed by atoms with E-state index in [1.54, 1.807) is 12.7 Å². The topological polar surface area (TPSA) is 452 Å². The Kier molecular flexibility index (Phi) is 32.4. The first-order valence-electron chi connectivity index (χ1n) is 48.2. The molecule has 0 bridgehead atoms. The summed E-state index contributed by atoms with van der Waals surface area (Å²) in [5.41, 5.74) is 56.2. The van der Waals surface area contributed by atoms with Crippen LogP contribution in [0.5, 0.6) is 0 Å². The van der Waals surface area contributed by atoms with Crippen LogP contribution in [-0.2, 0) is 38.5 Å². The van der Waals surface area contributed by atoms with Gasteiger partial charge in [-0.1, -0.05) is 166 Å². The smallest absolute Gasteiger partial charge is 0.130 e. The number of anilines is 6. The Hall–Kier alpha value is -9.54. The van der Waals surface area contributed by atoms with Crippen molar-refractivity contribution in [2.75, 3.05) is 152 Å². The van der Waals surface area contributed by atoms with Crippen molar-refractivity contribution in [1.82, 2.24) is 89.2 Å². The Morgan fingerprint density at radius 2 is 0.662 bits per heavy atom. The molecule has 30 nitrogen and oxygen atoms in total. The van der Waals surface area contributed by atoms with Crippen molar-refractivity contribution >= 4 is 68.3 Å². The van der Waals surface area contributed by atoms with Crippen LogP contribution >= 0.6 is 0 Å². The van der Waals surface area contributed by atoms with Gasteiger partial charge in [0, 0.05) is 163 Å². The van der Waals surface area contributed by atoms with E-state index in [0.717, 1.165) is 255 Å². The van der Waals surface area contributed by atoms with Crippen molar-refractivity contribution in [3.05, 3.63) is 178 Å². The molecule has 6 saturated heterocycles. The van der Waals surface area contributed by atoms with Gasteiger partial charge in [-0.2, -0.15) is 0 Å². The number of rotatable bonds is 24. The molecule has 7 fully saturated rings. The van der Waals surface area contributed by atoms with E-state index in [4.69, 9.17) is 34.4 Å². The van der Waals surface area contributed by atoms with E-state index in [2.05, 4.69) is 179 Å². The van der Waals surface area contributed by atoms with Crippen molar-refractivity contribution in [3.63, 3.8) is 0 Å². The van der Waals surface area contributed by atoms with Crippen LogP contribution in [0.25, 0.3) is 33.4 Å². The summed E-state index contributed by atoms with van der Waals surface area (Å²) in [5, 5.41) is 61.7. The molecule has 6 aromatic heterocycles. The van der Waals surface area contributed by atoms with Gasteiger partial charge in [0.25, 0.3) is 0 Å². The third-order valence-corrected chi connectivity index (χ3v) is 29.5. The molecule has 20 rings (SSSR count). The SMILES string of the molecule is CC(C)C[C@H]1CN(CC2=CCc3c(N)ncnc32)C[C@@H]1O.CCC(CC)[C@H]1CN(CC2=CCc3c(N)ncnc32)C[C@@H]1O.CCCC[C@H]1CN(CC2=CCc3c(N)ncnc32)C[C@@H]1O.CC[C@H]1CN(CC2=CCc3c(N)ncnc32)C[C@@H]1O.Nc1ncnc2c1CC=C2CN1C[C@H](CC2CCCCC2)[C@@H](O)C1.Nc1ncnc2c1CC=C2CN1C[C@H](c2ccccc2)[C@@H](O)C1. The molecule has 0 amide bonds. The number of aliphatic hydroxyl groups excluding tert-OH is 6. The minimum absolute atomic E-state index is 0.174. The van der Waals surface area contributed by atoms with E-state index in [1.807, 2.05) is 18.2 Å². The Balaban J connectivity index is 0.000000120. The number of benzene rings is 1. The second-order valence-corrected chi connectivity index (χ2v) is 38.9. The van der Waals surface area contributed by atoms with Crippen molar-refractivity contribution in [1.29, 1.82) is 0 Å². The molecule has 698 valence electrons. The van der Waals surface area contributed by atoms with E-state index in [0.29, 0.717) is 82.9 Å². The molecule has 7 aliphatic carbocycles. The van der Waals surface area contributed by atoms with Crippen molar-refractivity contribution in [2.45, 2.75) is 206 Å². The Labute approximate surface area is 767 Å². The molecule has 13 aliphatic rings. The standard InChI is InChI=1S/C19H28N4O.C18H20N4O.C17H26N4O.2C16H24N4O.C14H20N4O/c20-19-16-7-6-14(18(16)21-12-22-19)9-23-10-15(17(24)11-23)8-13-4-2-1-3-5-13;19-18-14-7-6-13(17(14)20-11-21-18)8-22-9-15(16(23)10-22)12-4-2-1-3-5-12;1-3-11(4-2)14-8-21(9-15(14)22)7-12-5-6-13-16(12)19-10-20-17(13)18;1-10(2)5-12-7-20(8-14(12)21)6-11-3-4-13-15(11)18-9-19-16(13)17;1-2-3-4-11-7-20(9-14(11)21)8-12-5-6-13-15(12)18-10-19-16(13)17;1-2-9-5-18(7-12(9)19)6-10-3-4-11-13(10)16-8-17-14(11)15/h6,12-13,15,17,24H,1-5,7-11H2,(H2,20,21,22);1-6,11,15-16,23H,7-10H2,(H2,19,20,21);5,10-11,14-15,22H,3-4,6-9H2,1-2H3,(H2,18,19,20);3,9-10,12,14,21H,4-8H2,1-2H3,(H2,17,18,19);5,10-11,14,21H,2-4,6-9H2,1H3,(H2,17,18,19);3,8-9,12,19H,2,4-7H2,1H3,(H2,15,16,17)/t15-,17-;15-,16+;14-,15+;12-,14-;11-,14-;9-,12-/m011000/s1. The molecule has 0 unspecified atom stereocenters. The number of fused-ring (bicyclic) bond motifs is 6. The third-order valence-electron chi connectivity index (χ3n) is 29.5. The Morgan fingerprint density at radius 1 is 0.346 bits per heavy atom. The number of nitrogen functional groups attached to an aromatic ring is 6. The lowest BCUT2D eigenvalue weighted by Crippen LogP contribution is -2.25. The second-order valence-electron chi connectivity index (χ2n) is 38.9. The molecule has 0 radical (unpaired) electrons. The lowest BCUT2D eigenvalue weighted by atomic mass is 9.82. The van der Waals surface area contributed by atoms with Crippen LogP contribution in [0, 0.1) is 47.3 Å². The number of nitrogens with two attached hydrogens (primary N) is 6. The number of unbranched alkanes of at least 4 members (excludes halogenated alkanes) is 1. The first-order valence-corrected chi connectivity index (χ1v) is 48.2. The van der Waals surface area contributed by atoms with Gasteiger partial charge < -0.3 is 65.0 Å². The molecular formula is C100H142N24O6. The summed E-state index contributed by atoms with van der Waals surface area (Å²) in [6, 6.07) is 10.2. The van der Waals surface area contributed by atoms with Crippen LogP contribution < -0.4 is 34.4 Å². The molecule has 18 N–H and O–H groups in total. The van der Waals surface area contributed by atoms with E-state index in [1.165, 1.54) is 116 Å². The van der Waals surface area contributed by atoms with Gasteiger partial charge >= 0.3 is 0 Å². The summed E-state index contributed by atoms with van der Waals surface area (Å²) in [6.07, 6.45) is 42.0. The number of β-amino-alcohol motifs (C(OH)–C–C–N with tert-alkyl or cyclic N) is 6. The van der Waals surface area contributed by atoms with Crippen LogP contribution in [0.3, 0.4) is 0 Å². The fourth-order valence-electron chi connectivity index (χ4n) is 22.4. The highest BCUT2D eigenvalue weighted by molar-refractivity contribution is 5.79. The molecular weight excluding hydrogens is 1630 g/mol. The molecule has 130 heavy (non-hydrogen) atoms. The van der Waals surface area contributed by atoms with Gasteiger partial charge in [-0.05, 0) is 145 Å². The molecule has 1 saturated carbocycles. The molecule has 12 heterocycles. The fraction of sp³-hybridized carbons (Fsp3) is 0.580. The highest BCUT2D eigenvalue weighted by Crippen LogP contribution is 2.41. The van der Waals surface area contributed by atoms with Gasteiger partial charge in [-0.15, -0.1) is 0 Å². The minimum Gasteiger partial charge on any atom is -0.391 e. The summed E-state index contributed by atoms with van der Waals surface area (Å²) in [4.78, 5) is 64.7. The highest BCUT2D eigenvalue weighted by Gasteiger charge is 2.41. The quantitative estimate of drug-likeness (QED) is 0.0268. The summed E-state index contributed by atoms with van der Waals surface area (Å²) in [6.45, 7) is 28.5. The Bertz CT molecular complexity index is 5170. The van der Waals surface area contributed by atoms with Gasteiger partial charge in [-0.25, -0.2) is 59.8 Å². The minimum atomic E-state index is -0.325. The van der Waals surface area contributed by atoms with Crippen LogP contribution in [0.4, 0.5) is 34.9 Å². The molecule has 1 aromatic carbocycles. The molecule has 6 aliphatic heterocycles. The second kappa shape index (κ2) is 44.3. The van der Waals surface area contributed by atoms with E-state index < -0.39 is 0 Å². The van der Waals surface area contributed by atoms with Crippen molar-refractivity contribution < 1.29 is 30.6 Å². The predicted molar refractivity (Wildman–Crippen MR) is 515 cm³/mol. The summed E-state index contributed by atoms with van der Waals surface area (Å²) in [7, 11) is 0. The van der Waals surface area contributed by atoms with Crippen molar-refractivity contribution in [2.24, 2.45) is 47.3 Å². The molecule has 0 spiro atoms. The Morgan fingerprint density at radius 3 is 1.02 bits per heavy atom. The number of aromatic nitrogens is 12. The lowest BCUT2D eigenvalue weighted by molar-refractivity contribution is 0.108. The molecule has 30 heteroatoms. The molecule has 12 atom stereocenters. The number of aliphatic hydroxyl groups is 6. The zero-order valence-corrected chi connectivity index (χ0v) is 77.3. The number of likely N-dealkylation sites (tertiary alicyclic amines) is 6. The summed E-state index contributed by atoms with van der Waals surface area (Å²) >= 11 is 0. The maximum absolute atomic E-state index is 10.5. The van der Waals surface area contributed by atoms with Gasteiger partial charge in [0.15, 0.2) is 0 Å². The third kappa shape index (κ3) is 23.0. The number of nitrogens with zero attached hydrogens (tertiary/aromatic N) is 18. The van der Waals surface area contributed by atoms with Crippen LogP contribution in [-0.4, -0.2) is 274 Å². The average molecular weight is 1780 g/mol. The van der Waals surface area contributed by atoms with Gasteiger partial charge in [0.2, 0.25) is 0 Å². The van der Waals surface area contributed by atoms with E-state index >= 15 is 0 Å². The zero-order chi connectivity index (χ0) is 91.2. The first kappa shape index (κ1) is 95.1. The van der Waals surface area contributed by atoms with Gasteiger partial charge in [0.05, 0.1) is 70.8 Å². The largest absolute Gasteiger partial charge is 0.391 e. The number of allylic oxidation sites excluding steroid dienone is 6. The lowest BCUT2D eigenvalue weighted by Gasteiger charge is -2.25. The monoisotopic (exact) mass is 1780 g/mol. The molecule has 7 aromatic rings. The van der Waals surface area contributed by atoms with Crippen molar-refractivity contribution in [3.8, 4) is 0 Å². The van der Waals surface area contributed by atoms with E-state index in [9.17, 15) is 30.6 Å². The average Bonchev–Trinajstić information content (AvgIpc) is 1.58.